The van der Waals surface area contributed by atoms with Crippen molar-refractivity contribution >= 4 is 5.91 Å². The Bertz CT molecular complexity index is 728. The molecule has 1 atom stereocenters. The van der Waals surface area contributed by atoms with Crippen LogP contribution in [0.5, 0.6) is 0 Å². The van der Waals surface area contributed by atoms with Gasteiger partial charge in [-0.2, -0.15) is 13.2 Å². The predicted molar refractivity (Wildman–Crippen MR) is 114 cm³/mol. The van der Waals surface area contributed by atoms with Gasteiger partial charge in [-0.1, -0.05) is 12.1 Å². The number of nitrogens with one attached hydrogen (secondary N) is 1. The van der Waals surface area contributed by atoms with Gasteiger partial charge in [0.05, 0.1) is 11.2 Å². The average Bonchev–Trinajstić information content (AvgIpc) is 2.70. The highest BCUT2D eigenvalue weighted by Crippen LogP contribution is 2.31. The van der Waals surface area contributed by atoms with Crippen LogP contribution in [0.4, 0.5) is 13.2 Å². The van der Waals surface area contributed by atoms with Crippen LogP contribution in [0.25, 0.3) is 0 Å². The van der Waals surface area contributed by atoms with Crippen molar-refractivity contribution in [1.82, 2.24) is 10.2 Å². The summed E-state index contributed by atoms with van der Waals surface area (Å²) in [7, 11) is 0. The van der Waals surface area contributed by atoms with Gasteiger partial charge in [0, 0.05) is 26.1 Å². The van der Waals surface area contributed by atoms with E-state index in [-0.39, 0.29) is 18.1 Å². The second-order valence-corrected chi connectivity index (χ2v) is 9.72. The molecule has 0 aromatic heterocycles. The number of rotatable bonds is 7. The SMILES string of the molecule is CC1(C)CC(CN2CCC(CCC(=O)NCc3cccc(C(F)(F)F)c3)CC2)CCO1. The maximum Gasteiger partial charge on any atom is 0.416 e. The summed E-state index contributed by atoms with van der Waals surface area (Å²) in [6, 6.07) is 5.11. The summed E-state index contributed by atoms with van der Waals surface area (Å²) >= 11 is 0. The van der Waals surface area contributed by atoms with Crippen LogP contribution in [-0.4, -0.2) is 42.6 Å². The van der Waals surface area contributed by atoms with Gasteiger partial charge in [0.15, 0.2) is 0 Å². The summed E-state index contributed by atoms with van der Waals surface area (Å²) in [6.07, 6.45) is 1.36. The van der Waals surface area contributed by atoms with Gasteiger partial charge in [-0.15, -0.1) is 0 Å². The number of amides is 1. The quantitative estimate of drug-likeness (QED) is 0.647. The number of alkyl halides is 3. The summed E-state index contributed by atoms with van der Waals surface area (Å²) in [5.74, 6) is 1.15. The first-order valence-electron chi connectivity index (χ1n) is 11.4. The van der Waals surface area contributed by atoms with Gasteiger partial charge in [-0.3, -0.25) is 4.79 Å². The fourth-order valence-corrected chi connectivity index (χ4v) is 4.82. The molecule has 2 fully saturated rings. The lowest BCUT2D eigenvalue weighted by molar-refractivity contribution is -0.137. The number of carbonyl (C=O) groups is 1. The zero-order valence-electron chi connectivity index (χ0n) is 18.6. The number of carbonyl (C=O) groups excluding carboxylic acids is 1. The van der Waals surface area contributed by atoms with E-state index in [1.807, 2.05) is 0 Å². The molecule has 4 nitrogen and oxygen atoms in total. The van der Waals surface area contributed by atoms with Gasteiger partial charge in [-0.25, -0.2) is 0 Å². The number of likely N-dealkylation sites (tertiary alicyclic amines) is 1. The highest BCUT2D eigenvalue weighted by molar-refractivity contribution is 5.75. The first-order valence-corrected chi connectivity index (χ1v) is 11.4. The van der Waals surface area contributed by atoms with E-state index >= 15 is 0 Å². The fourth-order valence-electron chi connectivity index (χ4n) is 4.82. The lowest BCUT2D eigenvalue weighted by Gasteiger charge is -2.39. The molecule has 2 saturated heterocycles. The molecule has 2 aliphatic heterocycles. The van der Waals surface area contributed by atoms with Crippen molar-refractivity contribution in [2.24, 2.45) is 11.8 Å². The largest absolute Gasteiger partial charge is 0.416 e. The Hall–Kier alpha value is -1.60. The molecular weight excluding hydrogens is 405 g/mol. The minimum absolute atomic E-state index is 0.0112. The Kier molecular flexibility index (Phi) is 8.03. The molecule has 174 valence electrons. The number of benzene rings is 1. The van der Waals surface area contributed by atoms with E-state index in [1.165, 1.54) is 6.07 Å². The predicted octanol–water partition coefficient (Wildman–Crippen LogP) is 5.02. The number of halogens is 3. The minimum Gasteiger partial charge on any atom is -0.376 e. The summed E-state index contributed by atoms with van der Waals surface area (Å²) < 4.78 is 44.2. The van der Waals surface area contributed by atoms with Crippen molar-refractivity contribution in [3.8, 4) is 0 Å². The van der Waals surface area contributed by atoms with Gasteiger partial charge in [0.2, 0.25) is 5.91 Å². The Labute approximate surface area is 183 Å². The van der Waals surface area contributed by atoms with E-state index in [4.69, 9.17) is 4.74 Å². The molecule has 0 radical (unpaired) electrons. The van der Waals surface area contributed by atoms with E-state index < -0.39 is 11.7 Å². The van der Waals surface area contributed by atoms with Crippen LogP contribution < -0.4 is 5.32 Å². The second kappa shape index (κ2) is 10.3. The fraction of sp³-hybridized carbons (Fsp3) is 0.708. The van der Waals surface area contributed by atoms with E-state index in [0.717, 1.165) is 70.5 Å². The average molecular weight is 441 g/mol. The third-order valence-electron chi connectivity index (χ3n) is 6.55. The smallest absolute Gasteiger partial charge is 0.376 e. The molecule has 1 aromatic rings. The van der Waals surface area contributed by atoms with Gasteiger partial charge in [-0.05, 0) is 88.6 Å². The molecule has 0 aliphatic carbocycles. The van der Waals surface area contributed by atoms with E-state index in [0.29, 0.717) is 23.8 Å². The Morgan fingerprint density at radius 1 is 1.19 bits per heavy atom. The number of nitrogens with zero attached hydrogens (tertiary/aromatic N) is 1. The van der Waals surface area contributed by atoms with Gasteiger partial charge in [0.25, 0.3) is 0 Å². The summed E-state index contributed by atoms with van der Waals surface area (Å²) in [5.41, 5.74) is -0.231. The molecule has 0 spiro atoms. The van der Waals surface area contributed by atoms with E-state index in [9.17, 15) is 18.0 Å². The maximum atomic E-state index is 12.8. The monoisotopic (exact) mass is 440 g/mol. The Balaban J connectivity index is 1.33. The van der Waals surface area contributed by atoms with Gasteiger partial charge in [0.1, 0.15) is 0 Å². The van der Waals surface area contributed by atoms with Crippen LogP contribution in [0.3, 0.4) is 0 Å². The second-order valence-electron chi connectivity index (χ2n) is 9.72. The highest BCUT2D eigenvalue weighted by Gasteiger charge is 2.31. The lowest BCUT2D eigenvalue weighted by atomic mass is 9.86. The Morgan fingerprint density at radius 2 is 1.94 bits per heavy atom. The molecule has 31 heavy (non-hydrogen) atoms. The molecule has 7 heteroatoms. The maximum absolute atomic E-state index is 12.8. The van der Waals surface area contributed by atoms with E-state index in [2.05, 4.69) is 24.1 Å². The first-order chi connectivity index (χ1) is 14.6. The van der Waals surface area contributed by atoms with Crippen molar-refractivity contribution in [3.63, 3.8) is 0 Å². The molecule has 0 saturated carbocycles. The molecule has 1 N–H and O–H groups in total. The van der Waals surface area contributed by atoms with Crippen LogP contribution >= 0.6 is 0 Å². The number of piperidine rings is 1. The highest BCUT2D eigenvalue weighted by atomic mass is 19.4. The molecule has 1 unspecified atom stereocenters. The number of hydrogen-bond acceptors (Lipinski definition) is 3. The third kappa shape index (κ3) is 7.79. The number of hydrogen-bond donors (Lipinski definition) is 1. The topological polar surface area (TPSA) is 41.6 Å². The molecule has 1 amide bonds. The Morgan fingerprint density at radius 3 is 2.61 bits per heavy atom. The molecule has 3 rings (SSSR count). The summed E-state index contributed by atoms with van der Waals surface area (Å²) in [4.78, 5) is 14.7. The van der Waals surface area contributed by atoms with Gasteiger partial charge < -0.3 is 15.0 Å². The van der Waals surface area contributed by atoms with Crippen LogP contribution in [-0.2, 0) is 22.3 Å². The van der Waals surface area contributed by atoms with Crippen LogP contribution in [0, 0.1) is 11.8 Å². The van der Waals surface area contributed by atoms with Crippen molar-refractivity contribution < 1.29 is 22.7 Å². The van der Waals surface area contributed by atoms with E-state index in [1.54, 1.807) is 6.07 Å². The third-order valence-corrected chi connectivity index (χ3v) is 6.55. The molecular formula is C24H35F3N2O2. The van der Waals surface area contributed by atoms with Crippen molar-refractivity contribution in [3.05, 3.63) is 35.4 Å². The van der Waals surface area contributed by atoms with Crippen molar-refractivity contribution in [1.29, 1.82) is 0 Å². The molecule has 2 heterocycles. The zero-order valence-corrected chi connectivity index (χ0v) is 18.6. The molecule has 2 aliphatic rings. The normalized spacial score (nSPS) is 22.9. The van der Waals surface area contributed by atoms with Crippen molar-refractivity contribution in [2.75, 3.05) is 26.2 Å². The van der Waals surface area contributed by atoms with Crippen LogP contribution in [0.15, 0.2) is 24.3 Å². The summed E-state index contributed by atoms with van der Waals surface area (Å²) in [5, 5.41) is 2.76. The molecule has 1 aromatic carbocycles. The van der Waals surface area contributed by atoms with Crippen molar-refractivity contribution in [2.45, 2.75) is 70.7 Å². The zero-order chi connectivity index (χ0) is 22.5. The number of ether oxygens (including phenoxy) is 1. The lowest BCUT2D eigenvalue weighted by Crippen LogP contribution is -2.42. The van der Waals surface area contributed by atoms with Gasteiger partial charge >= 0.3 is 6.18 Å². The summed E-state index contributed by atoms with van der Waals surface area (Å²) in [6.45, 7) is 8.61. The van der Waals surface area contributed by atoms with Crippen LogP contribution in [0.2, 0.25) is 0 Å². The standard InChI is InChI=1S/C24H35F3N2O2/c1-23(2)15-20(10-13-31-23)17-29-11-8-18(9-12-29)6-7-22(30)28-16-19-4-3-5-21(14-19)24(25,26)27/h3-5,14,18,20H,6-13,15-17H2,1-2H3,(H,28,30). The first kappa shape index (κ1) is 24.1. The van der Waals surface area contributed by atoms with Crippen LogP contribution in [0.1, 0.15) is 63.5 Å². The molecule has 0 bridgehead atoms. The minimum atomic E-state index is -4.37.